The van der Waals surface area contributed by atoms with Gasteiger partial charge in [-0.1, -0.05) is 194 Å². The molecule has 0 radical (unpaired) electrons. The highest BCUT2D eigenvalue weighted by atomic mass is 28.3. The van der Waals surface area contributed by atoms with Gasteiger partial charge in [0.05, 0.1) is 0 Å². The van der Waals surface area contributed by atoms with Crippen molar-refractivity contribution in [1.82, 2.24) is 4.98 Å². The van der Waals surface area contributed by atoms with Crippen molar-refractivity contribution in [2.45, 2.75) is 0 Å². The molecule has 0 saturated carbocycles. The van der Waals surface area contributed by atoms with Crippen LogP contribution in [0.1, 0.15) is 0 Å². The van der Waals surface area contributed by atoms with Gasteiger partial charge in [-0.15, -0.1) is 0 Å². The second kappa shape index (κ2) is 12.4. The molecular formula is C50H35NSi. The maximum atomic E-state index is 3.81. The number of hydrogen-bond acceptors (Lipinski definition) is 0. The summed E-state index contributed by atoms with van der Waals surface area (Å²) in [5, 5.41) is 13.1. The summed E-state index contributed by atoms with van der Waals surface area (Å²) < 4.78 is 0. The molecule has 1 aromatic heterocycles. The first-order valence-corrected chi connectivity index (χ1v) is 20.0. The summed E-state index contributed by atoms with van der Waals surface area (Å²) in [5.74, 6) is 0. The molecule has 0 unspecified atom stereocenters. The van der Waals surface area contributed by atoms with Gasteiger partial charge in [-0.05, 0) is 76.7 Å². The summed E-state index contributed by atoms with van der Waals surface area (Å²) in [5.41, 5.74) is 7.24. The summed E-state index contributed by atoms with van der Waals surface area (Å²) in [6, 6.07) is 76.3. The smallest absolute Gasteiger partial charge is 0.179 e. The normalized spacial score (nSPS) is 11.8. The number of rotatable bonds is 6. The van der Waals surface area contributed by atoms with Crippen LogP contribution in [0.3, 0.4) is 0 Å². The van der Waals surface area contributed by atoms with Crippen LogP contribution in [-0.2, 0) is 0 Å². The third-order valence-electron chi connectivity index (χ3n) is 10.9. The maximum Gasteiger partial charge on any atom is 0.179 e. The lowest BCUT2D eigenvalue weighted by Crippen LogP contribution is -2.74. The number of aromatic nitrogens is 1. The van der Waals surface area contributed by atoms with Gasteiger partial charge in [-0.2, -0.15) is 0 Å². The summed E-state index contributed by atoms with van der Waals surface area (Å²) in [7, 11) is -2.64. The van der Waals surface area contributed by atoms with Crippen LogP contribution in [-0.4, -0.2) is 13.1 Å². The second-order valence-electron chi connectivity index (χ2n) is 13.7. The van der Waals surface area contributed by atoms with Crippen molar-refractivity contribution < 1.29 is 0 Å². The molecule has 0 bridgehead atoms. The fourth-order valence-corrected chi connectivity index (χ4v) is 13.4. The van der Waals surface area contributed by atoms with E-state index in [1.165, 1.54) is 75.3 Å². The Labute approximate surface area is 304 Å². The van der Waals surface area contributed by atoms with E-state index in [1.807, 2.05) is 0 Å². The predicted molar refractivity (Wildman–Crippen MR) is 225 cm³/mol. The third-order valence-corrected chi connectivity index (χ3v) is 15.7. The van der Waals surface area contributed by atoms with Crippen molar-refractivity contribution >= 4 is 72.2 Å². The molecule has 1 nitrogen and oxygen atoms in total. The highest BCUT2D eigenvalue weighted by Crippen LogP contribution is 2.40. The van der Waals surface area contributed by atoms with Crippen molar-refractivity contribution in [3.8, 4) is 22.3 Å². The zero-order valence-corrected chi connectivity index (χ0v) is 29.6. The van der Waals surface area contributed by atoms with E-state index in [0.29, 0.717) is 0 Å². The lowest BCUT2D eigenvalue weighted by molar-refractivity contribution is 1.54. The van der Waals surface area contributed by atoms with Gasteiger partial charge >= 0.3 is 0 Å². The average molecular weight is 678 g/mol. The van der Waals surface area contributed by atoms with Gasteiger partial charge in [0.1, 0.15) is 0 Å². The molecule has 0 aliphatic heterocycles. The molecule has 0 fully saturated rings. The van der Waals surface area contributed by atoms with E-state index in [-0.39, 0.29) is 0 Å². The topological polar surface area (TPSA) is 15.8 Å². The third kappa shape index (κ3) is 4.76. The number of nitrogens with one attached hydrogen (secondary N) is 1. The molecule has 52 heavy (non-hydrogen) atoms. The van der Waals surface area contributed by atoms with E-state index in [0.717, 1.165) is 11.0 Å². The Hall–Kier alpha value is -6.48. The summed E-state index contributed by atoms with van der Waals surface area (Å²) in [6.45, 7) is 0. The Kier molecular flexibility index (Phi) is 7.23. The molecule has 0 atom stereocenters. The highest BCUT2D eigenvalue weighted by Gasteiger charge is 2.41. The van der Waals surface area contributed by atoms with Crippen molar-refractivity contribution in [3.05, 3.63) is 206 Å². The van der Waals surface area contributed by atoms with Gasteiger partial charge in [-0.3, -0.25) is 0 Å². The highest BCUT2D eigenvalue weighted by molar-refractivity contribution is 7.19. The Bertz CT molecular complexity index is 2790. The molecule has 244 valence electrons. The van der Waals surface area contributed by atoms with Crippen LogP contribution >= 0.6 is 0 Å². The molecule has 1 N–H and O–H groups in total. The minimum absolute atomic E-state index is 1.15. The van der Waals surface area contributed by atoms with Gasteiger partial charge in [0.25, 0.3) is 0 Å². The largest absolute Gasteiger partial charge is 0.354 e. The van der Waals surface area contributed by atoms with Gasteiger partial charge in [0.2, 0.25) is 0 Å². The first kappa shape index (κ1) is 30.4. The van der Waals surface area contributed by atoms with Gasteiger partial charge in [-0.25, -0.2) is 0 Å². The minimum atomic E-state index is -2.64. The summed E-state index contributed by atoms with van der Waals surface area (Å²) in [6.07, 6.45) is 0. The first-order chi connectivity index (χ1) is 25.8. The Morgan fingerprint density at radius 2 is 0.865 bits per heavy atom. The standard InChI is InChI=1S/C50H35NSi/c1-4-17-38(18-5-1)52(39-19-6-2-7-20-39,40-21-8-3-9-22-40)41-23-12-16-36(33-41)37-30-32-47-49(34-37)51-48-28-14-27-46(50(47)48)44-26-13-25-43-42-24-11-10-15-35(42)29-31-45(43)44/h1-34,51H. The van der Waals surface area contributed by atoms with Crippen LogP contribution in [0, 0.1) is 0 Å². The molecule has 0 amide bonds. The van der Waals surface area contributed by atoms with Crippen LogP contribution in [0.4, 0.5) is 0 Å². The SMILES string of the molecule is c1ccc([Si](c2ccccc2)(c2ccccc2)c2cccc(-c3ccc4c(c3)[nH]c3cccc(-c5cccc6c5ccc5ccccc56)c34)c2)cc1. The zero-order valence-electron chi connectivity index (χ0n) is 28.6. The van der Waals surface area contributed by atoms with E-state index in [2.05, 4.69) is 211 Å². The molecular weight excluding hydrogens is 643 g/mol. The van der Waals surface area contributed by atoms with E-state index in [1.54, 1.807) is 0 Å². The van der Waals surface area contributed by atoms with E-state index < -0.39 is 8.07 Å². The molecule has 0 aliphatic carbocycles. The second-order valence-corrected chi connectivity index (χ2v) is 17.5. The van der Waals surface area contributed by atoms with Gasteiger partial charge in [0, 0.05) is 21.8 Å². The van der Waals surface area contributed by atoms with Crippen LogP contribution in [0.25, 0.3) is 65.6 Å². The van der Waals surface area contributed by atoms with Crippen molar-refractivity contribution in [2.24, 2.45) is 0 Å². The van der Waals surface area contributed by atoms with Crippen LogP contribution in [0.15, 0.2) is 206 Å². The number of H-pyrrole nitrogens is 1. The number of aromatic amines is 1. The number of hydrogen-bond donors (Lipinski definition) is 1. The van der Waals surface area contributed by atoms with Crippen molar-refractivity contribution in [1.29, 1.82) is 0 Å². The Balaban J connectivity index is 1.15. The number of fused-ring (bicyclic) bond motifs is 6. The van der Waals surface area contributed by atoms with Gasteiger partial charge < -0.3 is 4.98 Å². The van der Waals surface area contributed by atoms with Gasteiger partial charge in [0.15, 0.2) is 8.07 Å². The first-order valence-electron chi connectivity index (χ1n) is 18.0. The van der Waals surface area contributed by atoms with E-state index >= 15 is 0 Å². The van der Waals surface area contributed by atoms with E-state index in [9.17, 15) is 0 Å². The molecule has 0 spiro atoms. The Morgan fingerprint density at radius 1 is 0.308 bits per heavy atom. The molecule has 1 heterocycles. The molecule has 0 saturated heterocycles. The lowest BCUT2D eigenvalue weighted by atomic mass is 9.92. The quantitative estimate of drug-likeness (QED) is 0.102. The van der Waals surface area contributed by atoms with Crippen LogP contribution in [0.2, 0.25) is 0 Å². The molecule has 2 heteroatoms. The van der Waals surface area contributed by atoms with E-state index in [4.69, 9.17) is 0 Å². The van der Waals surface area contributed by atoms with Crippen LogP contribution in [0.5, 0.6) is 0 Å². The Morgan fingerprint density at radius 3 is 1.60 bits per heavy atom. The van der Waals surface area contributed by atoms with Crippen LogP contribution < -0.4 is 20.7 Å². The zero-order chi connectivity index (χ0) is 34.5. The summed E-state index contributed by atoms with van der Waals surface area (Å²) in [4.78, 5) is 3.81. The predicted octanol–water partition coefficient (Wildman–Crippen LogP) is 10.3. The fourth-order valence-electron chi connectivity index (χ4n) is 8.63. The van der Waals surface area contributed by atoms with Crippen molar-refractivity contribution in [2.75, 3.05) is 0 Å². The average Bonchev–Trinajstić information content (AvgIpc) is 3.61. The fraction of sp³-hybridized carbons (Fsp3) is 0. The molecule has 0 aliphatic rings. The minimum Gasteiger partial charge on any atom is -0.354 e. The summed E-state index contributed by atoms with van der Waals surface area (Å²) >= 11 is 0. The van der Waals surface area contributed by atoms with Crippen molar-refractivity contribution in [3.63, 3.8) is 0 Å². The molecule has 10 aromatic rings. The lowest BCUT2D eigenvalue weighted by Gasteiger charge is -2.34. The number of benzene rings is 9. The monoisotopic (exact) mass is 677 g/mol. The maximum absolute atomic E-state index is 3.81. The molecule has 9 aromatic carbocycles. The molecule has 10 rings (SSSR count).